The second-order valence-electron chi connectivity index (χ2n) is 14.8. The lowest BCUT2D eigenvalue weighted by molar-refractivity contribution is -0.384. The highest BCUT2D eigenvalue weighted by Crippen LogP contribution is 2.37. The molecule has 1 unspecified atom stereocenters. The van der Waals surface area contributed by atoms with Crippen LogP contribution in [0.3, 0.4) is 0 Å². The van der Waals surface area contributed by atoms with Crippen molar-refractivity contribution in [2.45, 2.75) is 49.5 Å². The van der Waals surface area contributed by atoms with Crippen molar-refractivity contribution in [3.05, 3.63) is 110 Å². The van der Waals surface area contributed by atoms with Crippen LogP contribution in [0.1, 0.15) is 59.6 Å². The Bertz CT molecular complexity index is 2390. The molecule has 14 nitrogen and oxygen atoms in total. The summed E-state index contributed by atoms with van der Waals surface area (Å²) in [4.78, 5) is 37.1. The number of hydrogen-bond donors (Lipinski definition) is 3. The number of piperazine rings is 1. The van der Waals surface area contributed by atoms with Gasteiger partial charge in [-0.25, -0.2) is 18.1 Å². The van der Waals surface area contributed by atoms with E-state index in [0.29, 0.717) is 37.2 Å². The SMILES string of the molecule is O=C(NS(=O)(=O)c1ccc(NCC2CCOCC2)c([N+](=O)[O-])c1)c1ccc(N2CCN(C3CCCCc4cc(Br)ccc43)CC2)cc1Oc1cnc2[nH]ccc2c1. The van der Waals surface area contributed by atoms with Gasteiger partial charge in [-0.05, 0) is 97.7 Å². The number of nitrogens with zero attached hydrogens (tertiary/aromatic N) is 4. The second kappa shape index (κ2) is 16.8. The normalized spacial score (nSPS) is 18.1. The van der Waals surface area contributed by atoms with Crippen LogP contribution >= 0.6 is 15.9 Å². The lowest BCUT2D eigenvalue weighted by Gasteiger charge is -2.40. The van der Waals surface area contributed by atoms with Crippen molar-refractivity contribution in [2.24, 2.45) is 5.92 Å². The van der Waals surface area contributed by atoms with E-state index in [1.54, 1.807) is 30.5 Å². The van der Waals surface area contributed by atoms with Crippen LogP contribution in [0.4, 0.5) is 17.1 Å². The number of hydrogen-bond acceptors (Lipinski definition) is 11. The summed E-state index contributed by atoms with van der Waals surface area (Å²) in [6.45, 7) is 4.94. The molecule has 1 amide bonds. The summed E-state index contributed by atoms with van der Waals surface area (Å²) in [5, 5.41) is 15.9. The summed E-state index contributed by atoms with van der Waals surface area (Å²) in [7, 11) is -4.54. The first-order chi connectivity index (χ1) is 27.6. The van der Waals surface area contributed by atoms with Crippen LogP contribution in [0, 0.1) is 16.0 Å². The summed E-state index contributed by atoms with van der Waals surface area (Å²) in [6, 6.07) is 19.3. The van der Waals surface area contributed by atoms with Gasteiger partial charge < -0.3 is 24.7 Å². The molecule has 8 rings (SSSR count). The number of sulfonamides is 1. The number of anilines is 2. The van der Waals surface area contributed by atoms with Crippen LogP contribution in [-0.2, 0) is 21.2 Å². The van der Waals surface area contributed by atoms with Crippen molar-refractivity contribution in [2.75, 3.05) is 56.2 Å². The molecule has 2 aliphatic heterocycles. The minimum atomic E-state index is -4.54. The zero-order chi connectivity index (χ0) is 39.5. The Morgan fingerprint density at radius 1 is 1.00 bits per heavy atom. The van der Waals surface area contributed by atoms with Crippen molar-refractivity contribution in [3.8, 4) is 11.5 Å². The molecule has 298 valence electrons. The molecule has 1 aliphatic carbocycles. The van der Waals surface area contributed by atoms with Gasteiger partial charge in [0.15, 0.2) is 0 Å². The highest BCUT2D eigenvalue weighted by Gasteiger charge is 2.30. The van der Waals surface area contributed by atoms with Crippen molar-refractivity contribution in [1.29, 1.82) is 0 Å². The Balaban J connectivity index is 1.02. The topological polar surface area (TPSA) is 172 Å². The number of carbonyl (C=O) groups excluding carboxylic acids is 1. The number of nitrogens with one attached hydrogen (secondary N) is 3. The van der Waals surface area contributed by atoms with Gasteiger partial charge >= 0.3 is 0 Å². The Morgan fingerprint density at radius 2 is 1.82 bits per heavy atom. The Morgan fingerprint density at radius 3 is 2.63 bits per heavy atom. The van der Waals surface area contributed by atoms with Gasteiger partial charge in [-0.2, -0.15) is 0 Å². The number of nitro groups is 1. The zero-order valence-electron chi connectivity index (χ0n) is 31.3. The lowest BCUT2D eigenvalue weighted by atomic mass is 9.97. The largest absolute Gasteiger partial charge is 0.455 e. The average molecular weight is 859 g/mol. The molecule has 1 atom stereocenters. The molecule has 0 spiro atoms. The second-order valence-corrected chi connectivity index (χ2v) is 17.4. The molecule has 3 aromatic carbocycles. The number of fused-ring (bicyclic) bond motifs is 2. The number of amides is 1. The monoisotopic (exact) mass is 857 g/mol. The fourth-order valence-electron chi connectivity index (χ4n) is 8.10. The van der Waals surface area contributed by atoms with E-state index in [1.807, 2.05) is 6.07 Å². The number of aryl methyl sites for hydroxylation is 1. The van der Waals surface area contributed by atoms with Gasteiger partial charge in [-0.15, -0.1) is 0 Å². The van der Waals surface area contributed by atoms with Crippen molar-refractivity contribution < 1.29 is 27.6 Å². The van der Waals surface area contributed by atoms with Crippen LogP contribution in [0.2, 0.25) is 0 Å². The fourth-order valence-corrected chi connectivity index (χ4v) is 9.49. The maximum absolute atomic E-state index is 13.9. The predicted octanol–water partition coefficient (Wildman–Crippen LogP) is 7.57. The van der Waals surface area contributed by atoms with Gasteiger partial charge in [-0.3, -0.25) is 19.8 Å². The molecule has 57 heavy (non-hydrogen) atoms. The lowest BCUT2D eigenvalue weighted by Crippen LogP contribution is -2.47. The number of aromatic nitrogens is 2. The molecule has 3 aliphatic rings. The van der Waals surface area contributed by atoms with Crippen molar-refractivity contribution >= 4 is 60.0 Å². The van der Waals surface area contributed by atoms with Gasteiger partial charge in [0.25, 0.3) is 21.6 Å². The number of aromatic amines is 1. The number of ether oxygens (including phenoxy) is 2. The van der Waals surface area contributed by atoms with Gasteiger partial charge in [-0.1, -0.05) is 28.4 Å². The summed E-state index contributed by atoms with van der Waals surface area (Å²) >= 11 is 3.65. The smallest absolute Gasteiger partial charge is 0.293 e. The van der Waals surface area contributed by atoms with Crippen LogP contribution < -0.4 is 19.7 Å². The molecule has 16 heteroatoms. The third-order valence-corrected chi connectivity index (χ3v) is 13.0. The van der Waals surface area contributed by atoms with Gasteiger partial charge in [0.2, 0.25) is 0 Å². The summed E-state index contributed by atoms with van der Waals surface area (Å²) in [6.07, 6.45) is 9.50. The molecule has 0 radical (unpaired) electrons. The van der Waals surface area contributed by atoms with E-state index in [1.165, 1.54) is 42.3 Å². The van der Waals surface area contributed by atoms with E-state index in [-0.39, 0.29) is 22.9 Å². The Labute approximate surface area is 339 Å². The van der Waals surface area contributed by atoms with Gasteiger partial charge in [0.1, 0.15) is 22.8 Å². The van der Waals surface area contributed by atoms with Crippen LogP contribution in [-0.4, -0.2) is 80.1 Å². The fraction of sp³-hybridized carbons (Fsp3) is 0.366. The molecular formula is C41H44BrN7O7S. The van der Waals surface area contributed by atoms with Crippen LogP contribution in [0.25, 0.3) is 11.0 Å². The maximum atomic E-state index is 13.9. The highest BCUT2D eigenvalue weighted by molar-refractivity contribution is 9.10. The molecule has 0 saturated carbocycles. The predicted molar refractivity (Wildman–Crippen MR) is 221 cm³/mol. The van der Waals surface area contributed by atoms with Crippen LogP contribution in [0.5, 0.6) is 11.5 Å². The summed E-state index contributed by atoms with van der Waals surface area (Å²) in [5.74, 6) is -0.165. The molecule has 4 heterocycles. The Kier molecular flexibility index (Phi) is 11.5. The summed E-state index contributed by atoms with van der Waals surface area (Å²) in [5.41, 5.74) is 4.07. The number of rotatable bonds is 11. The van der Waals surface area contributed by atoms with Gasteiger partial charge in [0.05, 0.1) is 21.6 Å². The van der Waals surface area contributed by atoms with Crippen LogP contribution in [0.15, 0.2) is 88.5 Å². The number of nitro benzene ring substituents is 1. The molecule has 3 N–H and O–H groups in total. The standard InChI is InChI=1S/C41H44BrN7O7S/c42-30-5-8-34-28(21-30)3-1-2-4-37(34)48-17-15-47(16-18-48)31-6-9-35(39(23-31)56-32-22-29-11-14-43-40(29)45-26-32)41(50)46-57(53,54)33-7-10-36(38(24-33)49(51)52)44-25-27-12-19-55-20-13-27/h5-11,14,21-24,26-27,37,44H,1-4,12-13,15-20,25H2,(H,43,45)(H,46,50). The quantitative estimate of drug-likeness (QED) is 0.0680. The number of pyridine rings is 1. The average Bonchev–Trinajstić information content (AvgIpc) is 3.59. The summed E-state index contributed by atoms with van der Waals surface area (Å²) < 4.78 is 42.2. The highest BCUT2D eigenvalue weighted by atomic mass is 79.9. The molecule has 2 aromatic heterocycles. The van der Waals surface area contributed by atoms with Crippen molar-refractivity contribution in [1.82, 2.24) is 19.6 Å². The first-order valence-corrected chi connectivity index (χ1v) is 21.6. The number of halogens is 1. The zero-order valence-corrected chi connectivity index (χ0v) is 33.7. The van der Waals surface area contributed by atoms with E-state index < -0.39 is 31.4 Å². The molecule has 5 aromatic rings. The van der Waals surface area contributed by atoms with E-state index >= 15 is 0 Å². The van der Waals surface area contributed by atoms with E-state index in [0.717, 1.165) is 73.5 Å². The van der Waals surface area contributed by atoms with Crippen molar-refractivity contribution in [3.63, 3.8) is 0 Å². The first-order valence-electron chi connectivity index (χ1n) is 19.3. The number of H-pyrrole nitrogens is 1. The van der Waals surface area contributed by atoms with E-state index in [2.05, 4.69) is 63.9 Å². The third kappa shape index (κ3) is 8.78. The third-order valence-electron chi connectivity index (χ3n) is 11.2. The number of carbonyl (C=O) groups is 1. The maximum Gasteiger partial charge on any atom is 0.293 e. The minimum absolute atomic E-state index is 0.0272. The van der Waals surface area contributed by atoms with Gasteiger partial charge in [0, 0.05) is 85.9 Å². The molecule has 0 bridgehead atoms. The molecular weight excluding hydrogens is 814 g/mol. The Hall–Kier alpha value is -5.03. The molecule has 2 fully saturated rings. The number of benzene rings is 3. The molecule has 2 saturated heterocycles. The first kappa shape index (κ1) is 38.8. The van der Waals surface area contributed by atoms with E-state index in [4.69, 9.17) is 9.47 Å². The van der Waals surface area contributed by atoms with E-state index in [9.17, 15) is 23.3 Å². The minimum Gasteiger partial charge on any atom is -0.455 e.